The molecule has 0 bridgehead atoms. The molecule has 0 saturated carbocycles. The standard InChI is InChI=1S/C17H18N4O2/c1-10-7-11(2)20-17(19-10)21-15(16(22)23)8-12-9-18-14-6-4-3-5-13(12)14/h3-7,9,15,18H,8H2,1-2H3,(H,22,23)(H,19,20,21)/t15-/m1/s1. The third kappa shape index (κ3) is 3.31. The summed E-state index contributed by atoms with van der Waals surface area (Å²) in [6.07, 6.45) is 2.19. The highest BCUT2D eigenvalue weighted by atomic mass is 16.4. The normalized spacial score (nSPS) is 12.3. The molecule has 0 unspecified atom stereocenters. The molecule has 0 amide bonds. The lowest BCUT2D eigenvalue weighted by molar-refractivity contribution is -0.137. The Bertz CT molecular complexity index is 836. The van der Waals surface area contributed by atoms with Gasteiger partial charge in [-0.2, -0.15) is 0 Å². The summed E-state index contributed by atoms with van der Waals surface area (Å²) in [6, 6.07) is 8.88. The minimum Gasteiger partial charge on any atom is -0.480 e. The number of hydrogen-bond acceptors (Lipinski definition) is 4. The monoisotopic (exact) mass is 310 g/mol. The maximum atomic E-state index is 11.6. The first-order valence-electron chi connectivity index (χ1n) is 7.39. The number of anilines is 1. The van der Waals surface area contributed by atoms with Gasteiger partial charge in [0.05, 0.1) is 0 Å². The van der Waals surface area contributed by atoms with Gasteiger partial charge in [0.15, 0.2) is 0 Å². The van der Waals surface area contributed by atoms with Crippen molar-refractivity contribution in [2.45, 2.75) is 26.3 Å². The van der Waals surface area contributed by atoms with Crippen LogP contribution in [0.4, 0.5) is 5.95 Å². The number of nitrogens with zero attached hydrogens (tertiary/aromatic N) is 2. The van der Waals surface area contributed by atoms with E-state index < -0.39 is 12.0 Å². The van der Waals surface area contributed by atoms with E-state index in [9.17, 15) is 9.90 Å². The third-order valence-corrected chi connectivity index (χ3v) is 3.68. The van der Waals surface area contributed by atoms with Crippen molar-refractivity contribution in [1.29, 1.82) is 0 Å². The molecular formula is C17H18N4O2. The van der Waals surface area contributed by atoms with Gasteiger partial charge in [-0.3, -0.25) is 0 Å². The Labute approximate surface area is 133 Å². The first kappa shape index (κ1) is 15.0. The van der Waals surface area contributed by atoms with Gasteiger partial charge in [-0.1, -0.05) is 18.2 Å². The first-order valence-corrected chi connectivity index (χ1v) is 7.39. The highest BCUT2D eigenvalue weighted by molar-refractivity contribution is 5.85. The van der Waals surface area contributed by atoms with E-state index in [0.29, 0.717) is 12.4 Å². The molecule has 3 N–H and O–H groups in total. The molecule has 0 aliphatic carbocycles. The second-order valence-corrected chi connectivity index (χ2v) is 5.57. The van der Waals surface area contributed by atoms with Gasteiger partial charge in [0.1, 0.15) is 6.04 Å². The molecule has 6 nitrogen and oxygen atoms in total. The molecule has 2 heterocycles. The number of para-hydroxylation sites is 1. The summed E-state index contributed by atoms with van der Waals surface area (Å²) in [5.74, 6) is -0.590. The average molecular weight is 310 g/mol. The molecule has 23 heavy (non-hydrogen) atoms. The van der Waals surface area contributed by atoms with E-state index in [0.717, 1.165) is 27.9 Å². The Kier molecular flexibility index (Phi) is 3.97. The summed E-state index contributed by atoms with van der Waals surface area (Å²) in [5, 5.41) is 13.5. The Morgan fingerprint density at radius 2 is 1.96 bits per heavy atom. The van der Waals surface area contributed by atoms with Gasteiger partial charge >= 0.3 is 5.97 Å². The molecular weight excluding hydrogens is 292 g/mol. The van der Waals surface area contributed by atoms with Crippen LogP contribution in [0.25, 0.3) is 10.9 Å². The molecule has 0 spiro atoms. The Morgan fingerprint density at radius 1 is 1.26 bits per heavy atom. The van der Waals surface area contributed by atoms with E-state index in [1.165, 1.54) is 0 Å². The highest BCUT2D eigenvalue weighted by Gasteiger charge is 2.20. The molecule has 0 aliphatic heterocycles. The second kappa shape index (κ2) is 6.08. The lowest BCUT2D eigenvalue weighted by Crippen LogP contribution is -2.32. The SMILES string of the molecule is Cc1cc(C)nc(N[C@H](Cc2c[nH]c3ccccc23)C(=O)O)n1. The number of aryl methyl sites for hydroxylation is 2. The number of aromatic amines is 1. The van der Waals surface area contributed by atoms with Crippen molar-refractivity contribution >= 4 is 22.8 Å². The number of H-pyrrole nitrogens is 1. The molecule has 3 rings (SSSR count). The van der Waals surface area contributed by atoms with Gasteiger partial charge in [0.25, 0.3) is 0 Å². The second-order valence-electron chi connectivity index (χ2n) is 5.57. The van der Waals surface area contributed by atoms with Crippen LogP contribution in [-0.2, 0) is 11.2 Å². The van der Waals surface area contributed by atoms with Gasteiger partial charge < -0.3 is 15.4 Å². The zero-order valence-corrected chi connectivity index (χ0v) is 13.0. The molecule has 3 aromatic rings. The lowest BCUT2D eigenvalue weighted by atomic mass is 10.1. The summed E-state index contributed by atoms with van der Waals surface area (Å²) >= 11 is 0. The molecule has 1 atom stereocenters. The minimum absolute atomic E-state index is 0.342. The van der Waals surface area contributed by atoms with E-state index in [4.69, 9.17) is 0 Å². The molecule has 2 aromatic heterocycles. The predicted octanol–water partition coefficient (Wildman–Crippen LogP) is 2.68. The van der Waals surface area contributed by atoms with Gasteiger partial charge in [-0.25, -0.2) is 14.8 Å². The van der Waals surface area contributed by atoms with Crippen LogP contribution in [0.1, 0.15) is 17.0 Å². The maximum Gasteiger partial charge on any atom is 0.326 e. The van der Waals surface area contributed by atoms with Crippen molar-refractivity contribution in [2.24, 2.45) is 0 Å². The smallest absolute Gasteiger partial charge is 0.326 e. The van der Waals surface area contributed by atoms with Crippen LogP contribution in [0, 0.1) is 13.8 Å². The van der Waals surface area contributed by atoms with Crippen molar-refractivity contribution < 1.29 is 9.90 Å². The van der Waals surface area contributed by atoms with Crippen LogP contribution in [0.2, 0.25) is 0 Å². The number of carboxylic acid groups (broad SMARTS) is 1. The van der Waals surface area contributed by atoms with E-state index in [1.807, 2.05) is 50.4 Å². The summed E-state index contributed by atoms with van der Waals surface area (Å²) in [7, 11) is 0. The number of carboxylic acids is 1. The highest BCUT2D eigenvalue weighted by Crippen LogP contribution is 2.20. The van der Waals surface area contributed by atoms with E-state index in [-0.39, 0.29) is 0 Å². The third-order valence-electron chi connectivity index (χ3n) is 3.68. The van der Waals surface area contributed by atoms with Crippen LogP contribution < -0.4 is 5.32 Å². The first-order chi connectivity index (χ1) is 11.0. The number of carbonyl (C=O) groups is 1. The van der Waals surface area contributed by atoms with Gasteiger partial charge in [-0.05, 0) is 31.5 Å². The van der Waals surface area contributed by atoms with Crippen molar-refractivity contribution in [2.75, 3.05) is 5.32 Å². The minimum atomic E-state index is -0.932. The Hall–Kier alpha value is -2.89. The fourth-order valence-corrected chi connectivity index (χ4v) is 2.67. The quantitative estimate of drug-likeness (QED) is 0.674. The zero-order valence-electron chi connectivity index (χ0n) is 13.0. The Morgan fingerprint density at radius 3 is 2.65 bits per heavy atom. The van der Waals surface area contributed by atoms with Crippen LogP contribution in [0.15, 0.2) is 36.5 Å². The van der Waals surface area contributed by atoms with E-state index in [1.54, 1.807) is 0 Å². The molecule has 118 valence electrons. The average Bonchev–Trinajstić information content (AvgIpc) is 2.89. The van der Waals surface area contributed by atoms with Gasteiger partial charge in [0.2, 0.25) is 5.95 Å². The number of aromatic nitrogens is 3. The van der Waals surface area contributed by atoms with Crippen LogP contribution in [-0.4, -0.2) is 32.1 Å². The van der Waals surface area contributed by atoms with E-state index >= 15 is 0 Å². The number of benzene rings is 1. The number of nitrogens with one attached hydrogen (secondary N) is 2. The summed E-state index contributed by atoms with van der Waals surface area (Å²) in [4.78, 5) is 23.3. The van der Waals surface area contributed by atoms with Gasteiger partial charge in [0, 0.05) is 34.9 Å². The molecule has 0 radical (unpaired) electrons. The lowest BCUT2D eigenvalue weighted by Gasteiger charge is -2.14. The van der Waals surface area contributed by atoms with E-state index in [2.05, 4.69) is 20.3 Å². The molecule has 0 aliphatic rings. The number of aliphatic carboxylic acids is 1. The fraction of sp³-hybridized carbons (Fsp3) is 0.235. The van der Waals surface area contributed by atoms with Gasteiger partial charge in [-0.15, -0.1) is 0 Å². The summed E-state index contributed by atoms with van der Waals surface area (Å²) < 4.78 is 0. The maximum absolute atomic E-state index is 11.6. The van der Waals surface area contributed by atoms with Crippen molar-refractivity contribution in [3.8, 4) is 0 Å². The molecule has 1 aromatic carbocycles. The fourth-order valence-electron chi connectivity index (χ4n) is 2.67. The number of hydrogen-bond donors (Lipinski definition) is 3. The molecule has 0 saturated heterocycles. The molecule has 0 fully saturated rings. The zero-order chi connectivity index (χ0) is 16.4. The number of fused-ring (bicyclic) bond motifs is 1. The van der Waals surface area contributed by atoms with Crippen molar-refractivity contribution in [3.05, 3.63) is 53.5 Å². The van der Waals surface area contributed by atoms with Crippen LogP contribution in [0.3, 0.4) is 0 Å². The Balaban J connectivity index is 1.86. The largest absolute Gasteiger partial charge is 0.480 e. The van der Waals surface area contributed by atoms with Crippen LogP contribution in [0.5, 0.6) is 0 Å². The molecule has 6 heteroatoms. The summed E-state index contributed by atoms with van der Waals surface area (Å²) in [5.41, 5.74) is 3.55. The van der Waals surface area contributed by atoms with Crippen molar-refractivity contribution in [3.63, 3.8) is 0 Å². The topological polar surface area (TPSA) is 90.9 Å². The summed E-state index contributed by atoms with van der Waals surface area (Å²) in [6.45, 7) is 3.71. The van der Waals surface area contributed by atoms with Crippen LogP contribution >= 0.6 is 0 Å². The number of rotatable bonds is 5. The van der Waals surface area contributed by atoms with Crippen molar-refractivity contribution in [1.82, 2.24) is 15.0 Å². The predicted molar refractivity (Wildman–Crippen MR) is 88.6 cm³/mol.